The summed E-state index contributed by atoms with van der Waals surface area (Å²) in [4.78, 5) is 10.7. The summed E-state index contributed by atoms with van der Waals surface area (Å²) in [7, 11) is 0. The highest BCUT2D eigenvalue weighted by Crippen LogP contribution is 2.20. The molecular formula is C11H14O4S. The molecule has 2 unspecified atom stereocenters. The van der Waals surface area contributed by atoms with Gasteiger partial charge in [0.2, 0.25) is 0 Å². The molecule has 0 radical (unpaired) electrons. The lowest BCUT2D eigenvalue weighted by Crippen LogP contribution is -2.19. The van der Waals surface area contributed by atoms with E-state index >= 15 is 0 Å². The van der Waals surface area contributed by atoms with Crippen molar-refractivity contribution in [3.8, 4) is 0 Å². The maximum atomic E-state index is 10.7. The summed E-state index contributed by atoms with van der Waals surface area (Å²) in [6.45, 7) is 0. The molecule has 88 valence electrons. The topological polar surface area (TPSA) is 77.8 Å². The molecule has 0 saturated heterocycles. The molecule has 0 aliphatic heterocycles. The van der Waals surface area contributed by atoms with Crippen LogP contribution in [0, 0.1) is 0 Å². The summed E-state index contributed by atoms with van der Waals surface area (Å²) >= 11 is 3.95. The first-order valence-electron chi connectivity index (χ1n) is 4.86. The van der Waals surface area contributed by atoms with Crippen LogP contribution < -0.4 is 0 Å². The van der Waals surface area contributed by atoms with Gasteiger partial charge in [-0.05, 0) is 29.9 Å². The Kier molecular flexibility index (Phi) is 4.79. The second-order valence-electron chi connectivity index (χ2n) is 3.46. The van der Waals surface area contributed by atoms with Gasteiger partial charge in [0.05, 0.1) is 11.7 Å². The molecule has 0 aromatic heterocycles. The molecule has 16 heavy (non-hydrogen) atoms. The monoisotopic (exact) mass is 242 g/mol. The highest BCUT2D eigenvalue weighted by molar-refractivity contribution is 7.80. The van der Waals surface area contributed by atoms with Crippen molar-refractivity contribution >= 4 is 18.6 Å². The summed E-state index contributed by atoms with van der Waals surface area (Å²) < 4.78 is 0. The van der Waals surface area contributed by atoms with E-state index in [1.54, 1.807) is 6.07 Å². The number of hydrogen-bond acceptors (Lipinski definition) is 4. The third-order valence-electron chi connectivity index (χ3n) is 2.26. The average molecular weight is 242 g/mol. The number of carbonyl (C=O) groups is 1. The number of carboxylic acid groups (broad SMARTS) is 1. The predicted molar refractivity (Wildman–Crippen MR) is 62.8 cm³/mol. The summed E-state index contributed by atoms with van der Waals surface area (Å²) in [5.74, 6) is -0.602. The zero-order chi connectivity index (χ0) is 12.1. The average Bonchev–Trinajstić information content (AvgIpc) is 2.28. The van der Waals surface area contributed by atoms with E-state index in [-0.39, 0.29) is 5.56 Å². The Bertz CT molecular complexity index is 367. The summed E-state index contributed by atoms with van der Waals surface area (Å²) in [5, 5.41) is 28.1. The number of hydrogen-bond donors (Lipinski definition) is 4. The Hall–Kier alpha value is -1.04. The van der Waals surface area contributed by atoms with Gasteiger partial charge >= 0.3 is 5.97 Å². The van der Waals surface area contributed by atoms with Crippen LogP contribution in [0.15, 0.2) is 24.3 Å². The fourth-order valence-corrected chi connectivity index (χ4v) is 1.63. The molecule has 4 nitrogen and oxygen atoms in total. The third-order valence-corrected chi connectivity index (χ3v) is 2.52. The van der Waals surface area contributed by atoms with Crippen molar-refractivity contribution in [2.24, 2.45) is 0 Å². The minimum absolute atomic E-state index is 0.0922. The predicted octanol–water partition coefficient (Wildman–Crippen LogP) is 1.10. The number of rotatable bonds is 5. The Balaban J connectivity index is 2.86. The second kappa shape index (κ2) is 5.89. The van der Waals surface area contributed by atoms with Crippen LogP contribution in [0.2, 0.25) is 0 Å². The van der Waals surface area contributed by atoms with E-state index in [0.29, 0.717) is 17.7 Å². The van der Waals surface area contributed by atoms with Crippen LogP contribution in [0.1, 0.15) is 28.4 Å². The van der Waals surface area contributed by atoms with Gasteiger partial charge in [-0.1, -0.05) is 12.1 Å². The molecule has 1 aromatic carbocycles. The van der Waals surface area contributed by atoms with Crippen LogP contribution in [0.3, 0.4) is 0 Å². The Labute approximate surface area is 99.0 Å². The van der Waals surface area contributed by atoms with Crippen molar-refractivity contribution < 1.29 is 20.1 Å². The number of aliphatic hydroxyl groups is 2. The summed E-state index contributed by atoms with van der Waals surface area (Å²) in [6.07, 6.45) is -1.66. The molecule has 3 N–H and O–H groups in total. The standard InChI is InChI=1S/C11H14O4S/c12-9(4-5-16)10(13)7-2-1-3-8(6-7)11(14)15/h1-3,6,9-10,12-13,16H,4-5H2,(H,14,15). The van der Waals surface area contributed by atoms with Crippen LogP contribution in [-0.2, 0) is 0 Å². The molecule has 0 amide bonds. The molecule has 0 aliphatic carbocycles. The normalized spacial score (nSPS) is 14.4. The molecule has 5 heteroatoms. The van der Waals surface area contributed by atoms with Crippen LogP contribution in [-0.4, -0.2) is 33.1 Å². The van der Waals surface area contributed by atoms with Gasteiger partial charge in [0.25, 0.3) is 0 Å². The first-order chi connectivity index (χ1) is 7.56. The SMILES string of the molecule is O=C(O)c1cccc(C(O)C(O)CCS)c1. The first-order valence-corrected chi connectivity index (χ1v) is 5.49. The lowest BCUT2D eigenvalue weighted by atomic mass is 10.0. The van der Waals surface area contributed by atoms with Crippen molar-refractivity contribution in [1.29, 1.82) is 0 Å². The van der Waals surface area contributed by atoms with Crippen molar-refractivity contribution in [1.82, 2.24) is 0 Å². The van der Waals surface area contributed by atoms with E-state index in [0.717, 1.165) is 0 Å². The summed E-state index contributed by atoms with van der Waals surface area (Å²) in [6, 6.07) is 5.91. The van der Waals surface area contributed by atoms with E-state index in [4.69, 9.17) is 5.11 Å². The number of aromatic carboxylic acids is 1. The lowest BCUT2D eigenvalue weighted by molar-refractivity contribution is 0.0171. The van der Waals surface area contributed by atoms with Crippen LogP contribution in [0.5, 0.6) is 0 Å². The minimum atomic E-state index is -1.08. The minimum Gasteiger partial charge on any atom is -0.478 e. The van der Waals surface area contributed by atoms with Gasteiger partial charge in [-0.2, -0.15) is 12.6 Å². The van der Waals surface area contributed by atoms with Gasteiger partial charge in [-0.3, -0.25) is 0 Å². The molecule has 0 aliphatic rings. The highest BCUT2D eigenvalue weighted by Gasteiger charge is 2.18. The maximum absolute atomic E-state index is 10.7. The molecule has 0 spiro atoms. The Morgan fingerprint density at radius 3 is 2.62 bits per heavy atom. The molecule has 0 heterocycles. The smallest absolute Gasteiger partial charge is 0.335 e. The van der Waals surface area contributed by atoms with Gasteiger partial charge in [-0.15, -0.1) is 0 Å². The quantitative estimate of drug-likeness (QED) is 0.583. The van der Waals surface area contributed by atoms with Crippen molar-refractivity contribution in [2.45, 2.75) is 18.6 Å². The molecule has 0 bridgehead atoms. The van der Waals surface area contributed by atoms with Gasteiger partial charge in [-0.25, -0.2) is 4.79 Å². The summed E-state index contributed by atoms with van der Waals surface area (Å²) in [5.41, 5.74) is 0.490. The highest BCUT2D eigenvalue weighted by atomic mass is 32.1. The van der Waals surface area contributed by atoms with E-state index < -0.39 is 18.2 Å². The van der Waals surface area contributed by atoms with Gasteiger partial charge < -0.3 is 15.3 Å². The number of carboxylic acids is 1. The van der Waals surface area contributed by atoms with Crippen LogP contribution in [0.4, 0.5) is 0 Å². The molecule has 2 atom stereocenters. The van der Waals surface area contributed by atoms with E-state index in [1.807, 2.05) is 0 Å². The van der Waals surface area contributed by atoms with Crippen molar-refractivity contribution in [2.75, 3.05) is 5.75 Å². The third kappa shape index (κ3) is 3.23. The number of thiol groups is 1. The van der Waals surface area contributed by atoms with Crippen LogP contribution >= 0.6 is 12.6 Å². The van der Waals surface area contributed by atoms with Gasteiger partial charge in [0.1, 0.15) is 6.10 Å². The molecule has 1 aromatic rings. The molecule has 0 saturated carbocycles. The van der Waals surface area contributed by atoms with Gasteiger partial charge in [0, 0.05) is 0 Å². The fourth-order valence-electron chi connectivity index (χ4n) is 1.37. The van der Waals surface area contributed by atoms with Crippen molar-refractivity contribution in [3.05, 3.63) is 35.4 Å². The van der Waals surface area contributed by atoms with E-state index in [9.17, 15) is 15.0 Å². The number of aliphatic hydroxyl groups excluding tert-OH is 2. The molecule has 0 fully saturated rings. The maximum Gasteiger partial charge on any atom is 0.335 e. The van der Waals surface area contributed by atoms with Crippen LogP contribution in [0.25, 0.3) is 0 Å². The second-order valence-corrected chi connectivity index (χ2v) is 3.90. The van der Waals surface area contributed by atoms with E-state index in [1.165, 1.54) is 18.2 Å². The Morgan fingerprint density at radius 2 is 2.06 bits per heavy atom. The largest absolute Gasteiger partial charge is 0.478 e. The van der Waals surface area contributed by atoms with E-state index in [2.05, 4.69) is 12.6 Å². The zero-order valence-corrected chi connectivity index (χ0v) is 9.47. The lowest BCUT2D eigenvalue weighted by Gasteiger charge is -2.17. The molecule has 1 rings (SSSR count). The number of benzene rings is 1. The van der Waals surface area contributed by atoms with Crippen molar-refractivity contribution in [3.63, 3.8) is 0 Å². The zero-order valence-electron chi connectivity index (χ0n) is 8.58. The first kappa shape index (κ1) is 13.0. The van der Waals surface area contributed by atoms with Gasteiger partial charge in [0.15, 0.2) is 0 Å². The Morgan fingerprint density at radius 1 is 1.38 bits per heavy atom. The molecular weight excluding hydrogens is 228 g/mol. The fraction of sp³-hybridized carbons (Fsp3) is 0.364.